The molecule has 2 amide bonds. The molecule has 0 aliphatic heterocycles. The first-order chi connectivity index (χ1) is 11.3. The molecule has 138 valence electrons. The third kappa shape index (κ3) is 12.1. The number of amides is 2. The topological polar surface area (TPSA) is 133 Å². The van der Waals surface area contributed by atoms with Gasteiger partial charge in [-0.05, 0) is 25.0 Å². The van der Waals surface area contributed by atoms with Gasteiger partial charge in [-0.3, -0.25) is 19.2 Å². The second-order valence-electron chi connectivity index (χ2n) is 5.24. The molecule has 0 saturated carbocycles. The van der Waals surface area contributed by atoms with Crippen LogP contribution in [0, 0.1) is 0 Å². The maximum atomic E-state index is 11.8. The average molecular weight is 380 g/mol. The second kappa shape index (κ2) is 12.9. The fourth-order valence-electron chi connectivity index (χ4n) is 1.90. The highest BCUT2D eigenvalue weighted by Crippen LogP contribution is 2.12. The number of nitrogens with one attached hydrogen (secondary N) is 2. The summed E-state index contributed by atoms with van der Waals surface area (Å²) >= 11 is 8.49. The van der Waals surface area contributed by atoms with Crippen molar-refractivity contribution < 1.29 is 29.4 Å². The first kappa shape index (κ1) is 22.6. The molecule has 0 aliphatic carbocycles. The molecule has 2 atom stereocenters. The lowest BCUT2D eigenvalue weighted by Crippen LogP contribution is -2.48. The predicted molar refractivity (Wildman–Crippen MR) is 94.5 cm³/mol. The minimum atomic E-state index is -1.30. The van der Waals surface area contributed by atoms with E-state index < -0.39 is 42.8 Å². The maximum Gasteiger partial charge on any atom is 0.322 e. The predicted octanol–water partition coefficient (Wildman–Crippen LogP) is 0.325. The minimum absolute atomic E-state index is 0.156. The van der Waals surface area contributed by atoms with Crippen LogP contribution in [0.4, 0.5) is 0 Å². The molecule has 0 radical (unpaired) electrons. The molecule has 0 bridgehead atoms. The van der Waals surface area contributed by atoms with E-state index in [2.05, 4.69) is 35.9 Å². The summed E-state index contributed by atoms with van der Waals surface area (Å²) in [7, 11) is 0. The van der Waals surface area contributed by atoms with Crippen LogP contribution in [0.5, 0.6) is 0 Å². The first-order valence-corrected chi connectivity index (χ1v) is 8.70. The van der Waals surface area contributed by atoms with Crippen molar-refractivity contribution in [2.45, 2.75) is 49.8 Å². The van der Waals surface area contributed by atoms with Crippen molar-refractivity contribution in [1.29, 1.82) is 0 Å². The summed E-state index contributed by atoms with van der Waals surface area (Å²) in [6.45, 7) is -0.640. The van der Waals surface area contributed by atoms with Gasteiger partial charge in [-0.2, -0.15) is 25.3 Å². The number of hydrogen-bond acceptors (Lipinski definition) is 6. The van der Waals surface area contributed by atoms with Crippen molar-refractivity contribution >= 4 is 49.0 Å². The fourth-order valence-corrected chi connectivity index (χ4v) is 2.72. The number of carboxylic acid groups (broad SMARTS) is 2. The molecular weight excluding hydrogens is 356 g/mol. The number of rotatable bonds is 13. The Morgan fingerprint density at radius 1 is 1.00 bits per heavy atom. The van der Waals surface area contributed by atoms with E-state index in [1.165, 1.54) is 0 Å². The molecule has 0 heterocycles. The van der Waals surface area contributed by atoms with E-state index in [0.717, 1.165) is 25.0 Å². The summed E-state index contributed by atoms with van der Waals surface area (Å²) in [5, 5.41) is 21.9. The van der Waals surface area contributed by atoms with Crippen LogP contribution in [-0.2, 0) is 19.2 Å². The van der Waals surface area contributed by atoms with E-state index in [1.54, 1.807) is 0 Å². The highest BCUT2D eigenvalue weighted by molar-refractivity contribution is 7.81. The van der Waals surface area contributed by atoms with Crippen molar-refractivity contribution in [3.63, 3.8) is 0 Å². The molecule has 8 nitrogen and oxygen atoms in total. The summed E-state index contributed by atoms with van der Waals surface area (Å²) < 4.78 is 0. The van der Waals surface area contributed by atoms with Crippen molar-refractivity contribution in [2.75, 3.05) is 12.3 Å². The lowest BCUT2D eigenvalue weighted by molar-refractivity contribution is -0.141. The van der Waals surface area contributed by atoms with Crippen LogP contribution in [0.2, 0.25) is 0 Å². The number of carboxylic acids is 2. The van der Waals surface area contributed by atoms with Gasteiger partial charge in [0.25, 0.3) is 0 Å². The van der Waals surface area contributed by atoms with Crippen molar-refractivity contribution in [1.82, 2.24) is 10.6 Å². The van der Waals surface area contributed by atoms with Gasteiger partial charge in [0, 0.05) is 11.7 Å². The normalized spacial score (nSPS) is 12.9. The summed E-state index contributed by atoms with van der Waals surface area (Å²) in [5.74, 6) is -3.06. The van der Waals surface area contributed by atoms with Crippen molar-refractivity contribution in [3.8, 4) is 0 Å². The summed E-state index contributed by atoms with van der Waals surface area (Å²) in [6, 6.07) is -1.30. The van der Waals surface area contributed by atoms with E-state index in [1.807, 2.05) is 0 Å². The first-order valence-electron chi connectivity index (χ1n) is 7.55. The smallest absolute Gasteiger partial charge is 0.322 e. The number of unbranched alkanes of at least 4 members (excludes halogenated alkanes) is 1. The molecular formula is C14H24N2O6S2. The molecule has 0 fully saturated rings. The van der Waals surface area contributed by atoms with E-state index in [0.29, 0.717) is 6.42 Å². The zero-order valence-corrected chi connectivity index (χ0v) is 15.0. The summed E-state index contributed by atoms with van der Waals surface area (Å²) in [6.07, 6.45) is 2.63. The molecule has 0 aliphatic rings. The van der Waals surface area contributed by atoms with Gasteiger partial charge >= 0.3 is 11.9 Å². The monoisotopic (exact) mass is 380 g/mol. The Labute approximate surface area is 151 Å². The quantitative estimate of drug-likeness (QED) is 0.201. The molecule has 0 saturated heterocycles. The van der Waals surface area contributed by atoms with Gasteiger partial charge in [-0.15, -0.1) is 0 Å². The second-order valence-corrected chi connectivity index (χ2v) is 6.42. The van der Waals surface area contributed by atoms with Crippen LogP contribution >= 0.6 is 25.3 Å². The minimum Gasteiger partial charge on any atom is -0.481 e. The molecule has 0 aromatic carbocycles. The number of thiol groups is 2. The highest BCUT2D eigenvalue weighted by Gasteiger charge is 2.23. The number of aliphatic carboxylic acids is 2. The standard InChI is InChI=1S/C14H24N2O6S2/c17-11(4-2-1-3-9(24)5-6-23)16-10(7-12(18)19)14(22)15-8-13(20)21/h9-10,23-24H,1-8H2,(H,15,22)(H,16,17)(H,18,19)(H,20,21)/t9?,10-/m0/s1. The van der Waals surface area contributed by atoms with Gasteiger partial charge < -0.3 is 20.8 Å². The Morgan fingerprint density at radius 2 is 1.67 bits per heavy atom. The lowest BCUT2D eigenvalue weighted by Gasteiger charge is -2.16. The summed E-state index contributed by atoms with van der Waals surface area (Å²) in [4.78, 5) is 44.7. The Morgan fingerprint density at radius 3 is 2.21 bits per heavy atom. The van der Waals surface area contributed by atoms with Crippen LogP contribution in [-0.4, -0.2) is 57.6 Å². The van der Waals surface area contributed by atoms with Crippen LogP contribution in [0.15, 0.2) is 0 Å². The SMILES string of the molecule is O=C(O)CNC(=O)[C@H](CC(=O)O)NC(=O)CCCCC(S)CCS. The van der Waals surface area contributed by atoms with Gasteiger partial charge in [-0.25, -0.2) is 0 Å². The molecule has 0 aromatic rings. The zero-order valence-electron chi connectivity index (χ0n) is 13.2. The fraction of sp³-hybridized carbons (Fsp3) is 0.714. The summed E-state index contributed by atoms with van der Waals surface area (Å²) in [5.41, 5.74) is 0. The van der Waals surface area contributed by atoms with Gasteiger partial charge in [0.1, 0.15) is 12.6 Å². The number of carbonyl (C=O) groups excluding carboxylic acids is 2. The van der Waals surface area contributed by atoms with Crippen LogP contribution in [0.1, 0.15) is 38.5 Å². The van der Waals surface area contributed by atoms with E-state index >= 15 is 0 Å². The highest BCUT2D eigenvalue weighted by atomic mass is 32.1. The molecule has 0 spiro atoms. The third-order valence-corrected chi connectivity index (χ3v) is 3.87. The van der Waals surface area contributed by atoms with Crippen LogP contribution in [0.25, 0.3) is 0 Å². The molecule has 10 heteroatoms. The van der Waals surface area contributed by atoms with Crippen LogP contribution < -0.4 is 10.6 Å². The van der Waals surface area contributed by atoms with Gasteiger partial charge in [0.15, 0.2) is 0 Å². The Kier molecular flexibility index (Phi) is 12.2. The van der Waals surface area contributed by atoms with Gasteiger partial charge in [0.05, 0.1) is 6.42 Å². The molecule has 0 aromatic heterocycles. The number of hydrogen-bond donors (Lipinski definition) is 6. The Balaban J connectivity index is 4.26. The van der Waals surface area contributed by atoms with Crippen LogP contribution in [0.3, 0.4) is 0 Å². The van der Waals surface area contributed by atoms with Gasteiger partial charge in [0.2, 0.25) is 11.8 Å². The van der Waals surface area contributed by atoms with Crippen molar-refractivity contribution in [2.24, 2.45) is 0 Å². The maximum absolute atomic E-state index is 11.8. The molecule has 24 heavy (non-hydrogen) atoms. The van der Waals surface area contributed by atoms with Crippen molar-refractivity contribution in [3.05, 3.63) is 0 Å². The molecule has 4 N–H and O–H groups in total. The van der Waals surface area contributed by atoms with E-state index in [4.69, 9.17) is 10.2 Å². The molecule has 1 unspecified atom stereocenters. The number of carbonyl (C=O) groups is 4. The Hall–Kier alpha value is -1.42. The zero-order chi connectivity index (χ0) is 18.5. The van der Waals surface area contributed by atoms with Gasteiger partial charge in [-0.1, -0.05) is 6.42 Å². The van der Waals surface area contributed by atoms with E-state index in [-0.39, 0.29) is 11.7 Å². The largest absolute Gasteiger partial charge is 0.481 e. The Bertz CT molecular complexity index is 447. The third-order valence-electron chi connectivity index (χ3n) is 3.10. The van der Waals surface area contributed by atoms with E-state index in [9.17, 15) is 19.2 Å². The average Bonchev–Trinajstić information content (AvgIpc) is 2.48. The lowest BCUT2D eigenvalue weighted by atomic mass is 10.1. The molecule has 0 rings (SSSR count).